The van der Waals surface area contributed by atoms with E-state index >= 15 is 0 Å². The molecule has 1 saturated carbocycles. The van der Waals surface area contributed by atoms with Crippen molar-refractivity contribution in [1.29, 1.82) is 5.26 Å². The van der Waals surface area contributed by atoms with Gasteiger partial charge in [-0.25, -0.2) is 0 Å². The highest BCUT2D eigenvalue weighted by Gasteiger charge is 2.18. The van der Waals surface area contributed by atoms with Crippen molar-refractivity contribution in [2.45, 2.75) is 58.3 Å². The zero-order chi connectivity index (χ0) is 14.9. The molecule has 0 radical (unpaired) electrons. The number of nitriles is 1. The lowest BCUT2D eigenvalue weighted by atomic mass is 9.80. The Kier molecular flexibility index (Phi) is 6.54. The van der Waals surface area contributed by atoms with Gasteiger partial charge in [-0.3, -0.25) is 0 Å². The average Bonchev–Trinajstić information content (AvgIpc) is 2.54. The summed E-state index contributed by atoms with van der Waals surface area (Å²) < 4.78 is 0. The van der Waals surface area contributed by atoms with Gasteiger partial charge in [0.25, 0.3) is 0 Å². The van der Waals surface area contributed by atoms with Gasteiger partial charge in [0.15, 0.2) is 0 Å². The Morgan fingerprint density at radius 1 is 1.14 bits per heavy atom. The van der Waals surface area contributed by atoms with Crippen molar-refractivity contribution in [2.75, 3.05) is 0 Å². The Bertz CT molecular complexity index is 470. The van der Waals surface area contributed by atoms with Crippen LogP contribution in [0, 0.1) is 23.2 Å². The molecule has 1 aliphatic carbocycles. The van der Waals surface area contributed by atoms with E-state index in [1.165, 1.54) is 44.1 Å². The van der Waals surface area contributed by atoms with Crippen LogP contribution in [0.3, 0.4) is 0 Å². The normalized spacial score (nSPS) is 22.3. The number of benzene rings is 1. The van der Waals surface area contributed by atoms with Crippen molar-refractivity contribution in [2.24, 2.45) is 11.8 Å². The zero-order valence-electron chi connectivity index (χ0n) is 13.2. The topological polar surface area (TPSA) is 23.8 Å². The molecule has 0 N–H and O–H groups in total. The average molecular weight is 281 g/mol. The van der Waals surface area contributed by atoms with Crippen LogP contribution in [0.15, 0.2) is 36.4 Å². The summed E-state index contributed by atoms with van der Waals surface area (Å²) in [6.07, 6.45) is 15.4. The largest absolute Gasteiger partial charge is 0.192 e. The van der Waals surface area contributed by atoms with Crippen LogP contribution in [0.4, 0.5) is 0 Å². The summed E-state index contributed by atoms with van der Waals surface area (Å²) in [4.78, 5) is 0. The minimum absolute atomic E-state index is 0.748. The highest BCUT2D eigenvalue weighted by atomic mass is 14.2. The van der Waals surface area contributed by atoms with Gasteiger partial charge in [-0.2, -0.15) is 5.26 Å². The van der Waals surface area contributed by atoms with Crippen LogP contribution in [-0.4, -0.2) is 0 Å². The van der Waals surface area contributed by atoms with E-state index in [2.05, 4.69) is 37.3 Å². The third-order valence-corrected chi connectivity index (χ3v) is 4.68. The molecule has 21 heavy (non-hydrogen) atoms. The number of nitrogens with zero attached hydrogens (tertiary/aromatic N) is 1. The Morgan fingerprint density at radius 3 is 2.48 bits per heavy atom. The molecule has 1 nitrogen and oxygen atoms in total. The molecule has 1 aromatic carbocycles. The van der Waals surface area contributed by atoms with Gasteiger partial charge < -0.3 is 0 Å². The number of aryl methyl sites for hydroxylation is 1. The van der Waals surface area contributed by atoms with Gasteiger partial charge in [-0.15, -0.1) is 0 Å². The molecule has 0 spiro atoms. The molecule has 0 bridgehead atoms. The van der Waals surface area contributed by atoms with Crippen LogP contribution < -0.4 is 0 Å². The van der Waals surface area contributed by atoms with Gasteiger partial charge in [0.05, 0.1) is 11.6 Å². The van der Waals surface area contributed by atoms with Gasteiger partial charge in [0.2, 0.25) is 0 Å². The highest BCUT2D eigenvalue weighted by Crippen LogP contribution is 2.32. The van der Waals surface area contributed by atoms with Crippen LogP contribution in [0.25, 0.3) is 0 Å². The first kappa shape index (κ1) is 15.8. The maximum Gasteiger partial charge on any atom is 0.0991 e. The standard InChI is InChI=1S/C20H27N/c1-2-5-17-8-10-18(11-9-17)6-3-4-7-19-12-14-20(16-21)15-13-19/h3,6,12-15,17-18H,2,4-5,7-11H2,1H3/b6-3+/t17-,18-. The number of hydrogen-bond donors (Lipinski definition) is 0. The lowest BCUT2D eigenvalue weighted by molar-refractivity contribution is 0.294. The third kappa shape index (κ3) is 5.38. The molecule has 1 heteroatoms. The Hall–Kier alpha value is -1.55. The molecule has 0 aliphatic heterocycles. The minimum Gasteiger partial charge on any atom is -0.192 e. The van der Waals surface area contributed by atoms with Crippen molar-refractivity contribution < 1.29 is 0 Å². The maximum atomic E-state index is 8.78. The molecule has 0 unspecified atom stereocenters. The summed E-state index contributed by atoms with van der Waals surface area (Å²) in [6, 6.07) is 10.1. The van der Waals surface area contributed by atoms with Gasteiger partial charge in [-0.05, 0) is 68.1 Å². The molecular weight excluding hydrogens is 254 g/mol. The fraction of sp³-hybridized carbons (Fsp3) is 0.550. The van der Waals surface area contributed by atoms with Crippen molar-refractivity contribution in [3.05, 3.63) is 47.5 Å². The van der Waals surface area contributed by atoms with Crippen molar-refractivity contribution in [1.82, 2.24) is 0 Å². The maximum absolute atomic E-state index is 8.78. The van der Waals surface area contributed by atoms with Gasteiger partial charge in [0.1, 0.15) is 0 Å². The second-order valence-electron chi connectivity index (χ2n) is 6.35. The smallest absolute Gasteiger partial charge is 0.0991 e. The highest BCUT2D eigenvalue weighted by molar-refractivity contribution is 5.31. The second-order valence-corrected chi connectivity index (χ2v) is 6.35. The Morgan fingerprint density at radius 2 is 1.86 bits per heavy atom. The number of hydrogen-bond acceptors (Lipinski definition) is 1. The first-order valence-electron chi connectivity index (χ1n) is 8.47. The number of allylic oxidation sites excluding steroid dienone is 2. The summed E-state index contributed by atoms with van der Waals surface area (Å²) >= 11 is 0. The summed E-state index contributed by atoms with van der Waals surface area (Å²) in [5, 5.41) is 8.78. The Balaban J connectivity index is 1.67. The first-order chi connectivity index (χ1) is 10.3. The molecule has 0 heterocycles. The fourth-order valence-electron chi connectivity index (χ4n) is 3.36. The van der Waals surface area contributed by atoms with Gasteiger partial charge in [-0.1, -0.05) is 44.1 Å². The van der Waals surface area contributed by atoms with E-state index in [-0.39, 0.29) is 0 Å². The molecule has 1 fully saturated rings. The monoisotopic (exact) mass is 281 g/mol. The van der Waals surface area contributed by atoms with Crippen LogP contribution in [0.2, 0.25) is 0 Å². The van der Waals surface area contributed by atoms with Gasteiger partial charge in [0, 0.05) is 0 Å². The van der Waals surface area contributed by atoms with E-state index in [1.54, 1.807) is 0 Å². The minimum atomic E-state index is 0.748. The lowest BCUT2D eigenvalue weighted by Gasteiger charge is -2.26. The molecule has 0 saturated heterocycles. The molecule has 0 atom stereocenters. The fourth-order valence-corrected chi connectivity index (χ4v) is 3.36. The first-order valence-corrected chi connectivity index (χ1v) is 8.47. The van der Waals surface area contributed by atoms with Crippen LogP contribution >= 0.6 is 0 Å². The molecule has 2 rings (SSSR count). The van der Waals surface area contributed by atoms with E-state index < -0.39 is 0 Å². The molecule has 0 amide bonds. The summed E-state index contributed by atoms with van der Waals surface area (Å²) in [6.45, 7) is 2.30. The van der Waals surface area contributed by atoms with Crippen molar-refractivity contribution in [3.8, 4) is 6.07 Å². The van der Waals surface area contributed by atoms with Crippen LogP contribution in [0.5, 0.6) is 0 Å². The molecule has 112 valence electrons. The summed E-state index contributed by atoms with van der Waals surface area (Å²) in [7, 11) is 0. The second kappa shape index (κ2) is 8.67. The van der Waals surface area contributed by atoms with E-state index in [0.717, 1.165) is 30.2 Å². The van der Waals surface area contributed by atoms with E-state index in [4.69, 9.17) is 5.26 Å². The summed E-state index contributed by atoms with van der Waals surface area (Å²) in [5.74, 6) is 1.82. The molecular formula is C20H27N. The van der Waals surface area contributed by atoms with E-state index in [1.807, 2.05) is 12.1 Å². The van der Waals surface area contributed by atoms with Crippen molar-refractivity contribution >= 4 is 0 Å². The van der Waals surface area contributed by atoms with Crippen LogP contribution in [0.1, 0.15) is 63.0 Å². The number of rotatable bonds is 6. The van der Waals surface area contributed by atoms with E-state index in [0.29, 0.717) is 0 Å². The molecule has 1 aromatic rings. The Labute approximate surface area is 129 Å². The third-order valence-electron chi connectivity index (χ3n) is 4.68. The quantitative estimate of drug-likeness (QED) is 0.618. The predicted molar refractivity (Wildman–Crippen MR) is 89.0 cm³/mol. The predicted octanol–water partition coefficient (Wildman–Crippen LogP) is 5.65. The summed E-state index contributed by atoms with van der Waals surface area (Å²) in [5.41, 5.74) is 2.07. The SMILES string of the molecule is CCC[C@H]1CC[C@H](/C=C/CCc2ccc(C#N)cc2)CC1. The molecule has 1 aliphatic rings. The van der Waals surface area contributed by atoms with Gasteiger partial charge >= 0.3 is 0 Å². The van der Waals surface area contributed by atoms with Crippen molar-refractivity contribution in [3.63, 3.8) is 0 Å². The zero-order valence-corrected chi connectivity index (χ0v) is 13.2. The lowest BCUT2D eigenvalue weighted by Crippen LogP contribution is -2.12. The molecule has 0 aromatic heterocycles. The van der Waals surface area contributed by atoms with Crippen LogP contribution in [-0.2, 0) is 6.42 Å². The van der Waals surface area contributed by atoms with E-state index in [9.17, 15) is 0 Å².